The third-order valence-corrected chi connectivity index (χ3v) is 5.98. The molecular weight excluding hydrogens is 348 g/mol. The molecule has 0 amide bonds. The van der Waals surface area contributed by atoms with Crippen LogP contribution in [0, 0.1) is 0 Å². The van der Waals surface area contributed by atoms with Crippen molar-refractivity contribution in [2.45, 2.75) is 13.2 Å². The van der Waals surface area contributed by atoms with Gasteiger partial charge in [-0.15, -0.1) is 0 Å². The summed E-state index contributed by atoms with van der Waals surface area (Å²) < 4.78 is 6.00. The molecule has 0 spiro atoms. The predicted molar refractivity (Wildman–Crippen MR) is 112 cm³/mol. The van der Waals surface area contributed by atoms with E-state index in [0.717, 1.165) is 31.1 Å². The lowest BCUT2D eigenvalue weighted by Crippen LogP contribution is -2.17. The molecule has 0 saturated carbocycles. The van der Waals surface area contributed by atoms with E-state index in [1.165, 1.54) is 16.9 Å². The fourth-order valence-corrected chi connectivity index (χ4v) is 4.28. The normalized spacial score (nSPS) is 11.0. The second-order valence-corrected chi connectivity index (χ2v) is 8.71. The number of nitrogens with zero attached hydrogens (tertiary/aromatic N) is 1. The van der Waals surface area contributed by atoms with Crippen molar-refractivity contribution in [3.05, 3.63) is 65.7 Å². The molecule has 0 fully saturated rings. The largest absolute Gasteiger partial charge is 0.489 e. The van der Waals surface area contributed by atoms with E-state index in [4.69, 9.17) is 4.74 Å². The van der Waals surface area contributed by atoms with Crippen molar-refractivity contribution in [2.75, 3.05) is 38.7 Å². The summed E-state index contributed by atoms with van der Waals surface area (Å²) >= 11 is 0. The molecule has 3 nitrogen and oxygen atoms in total. The molecule has 0 bridgehead atoms. The second kappa shape index (κ2) is 12.3. The van der Waals surface area contributed by atoms with Gasteiger partial charge in [-0.2, -0.15) is 0 Å². The van der Waals surface area contributed by atoms with Crippen LogP contribution in [0.15, 0.2) is 54.6 Å². The zero-order chi connectivity index (χ0) is 17.7. The molecule has 25 heavy (non-hydrogen) atoms. The molecular formula is C20H28N2OS2. The van der Waals surface area contributed by atoms with Gasteiger partial charge < -0.3 is 15.0 Å². The van der Waals surface area contributed by atoms with Gasteiger partial charge in [0.25, 0.3) is 0 Å². The number of ether oxygens (including phenoxy) is 1. The fraction of sp³-hybridized carbons (Fsp3) is 0.400. The molecule has 2 aromatic rings. The first-order valence-corrected chi connectivity index (χ1v) is 11.1. The summed E-state index contributed by atoms with van der Waals surface area (Å²) in [6.45, 7) is 3.59. The highest BCUT2D eigenvalue weighted by atomic mass is 33.1. The van der Waals surface area contributed by atoms with Gasteiger partial charge in [0, 0.05) is 36.7 Å². The fourth-order valence-electron chi connectivity index (χ4n) is 2.20. The maximum atomic E-state index is 6.00. The topological polar surface area (TPSA) is 24.5 Å². The first kappa shape index (κ1) is 20.2. The van der Waals surface area contributed by atoms with Gasteiger partial charge in [0.1, 0.15) is 12.4 Å². The summed E-state index contributed by atoms with van der Waals surface area (Å²) in [5, 5.41) is 3.52. The number of benzene rings is 2. The summed E-state index contributed by atoms with van der Waals surface area (Å²) in [4.78, 5) is 2.22. The van der Waals surface area contributed by atoms with Gasteiger partial charge in [0.2, 0.25) is 0 Å². The Morgan fingerprint density at radius 2 is 1.64 bits per heavy atom. The lowest BCUT2D eigenvalue weighted by atomic mass is 10.2. The van der Waals surface area contributed by atoms with E-state index in [1.807, 2.05) is 51.9 Å². The number of rotatable bonds is 12. The Kier molecular flexibility index (Phi) is 9.89. The Labute approximate surface area is 159 Å². The van der Waals surface area contributed by atoms with Crippen LogP contribution >= 0.6 is 21.6 Å². The zero-order valence-electron chi connectivity index (χ0n) is 15.1. The molecule has 1 N–H and O–H groups in total. The predicted octanol–water partition coefficient (Wildman–Crippen LogP) is 4.30. The second-order valence-electron chi connectivity index (χ2n) is 6.01. The molecule has 136 valence electrons. The minimum Gasteiger partial charge on any atom is -0.489 e. The average molecular weight is 377 g/mol. The van der Waals surface area contributed by atoms with Crippen LogP contribution in [-0.4, -0.2) is 43.6 Å². The molecule has 0 saturated heterocycles. The molecule has 2 rings (SSSR count). The minimum absolute atomic E-state index is 0.607. The number of para-hydroxylation sites is 1. The Balaban J connectivity index is 1.66. The SMILES string of the molecule is CN(C)CCSSCCNCc1ccccc1OCc1ccccc1. The van der Waals surface area contributed by atoms with Gasteiger partial charge in [-0.25, -0.2) is 0 Å². The number of nitrogens with one attached hydrogen (secondary N) is 1. The van der Waals surface area contributed by atoms with Crippen molar-refractivity contribution in [1.82, 2.24) is 10.2 Å². The molecule has 0 aliphatic heterocycles. The van der Waals surface area contributed by atoms with Crippen LogP contribution in [0.3, 0.4) is 0 Å². The van der Waals surface area contributed by atoms with Crippen LogP contribution in [0.4, 0.5) is 0 Å². The number of hydrogen-bond acceptors (Lipinski definition) is 5. The summed E-state index contributed by atoms with van der Waals surface area (Å²) in [7, 11) is 8.12. The Bertz CT molecular complexity index is 593. The zero-order valence-corrected chi connectivity index (χ0v) is 16.7. The minimum atomic E-state index is 0.607. The van der Waals surface area contributed by atoms with Gasteiger partial charge in [0.05, 0.1) is 0 Å². The van der Waals surface area contributed by atoms with Crippen LogP contribution in [0.2, 0.25) is 0 Å². The van der Waals surface area contributed by atoms with E-state index >= 15 is 0 Å². The Morgan fingerprint density at radius 3 is 2.44 bits per heavy atom. The standard InChI is InChI=1S/C20H28N2OS2/c1-22(2)13-15-25-24-14-12-21-16-19-10-6-7-11-20(19)23-17-18-8-4-3-5-9-18/h3-11,21H,12-17H2,1-2H3. The van der Waals surface area contributed by atoms with Crippen molar-refractivity contribution in [2.24, 2.45) is 0 Å². The van der Waals surface area contributed by atoms with Gasteiger partial charge >= 0.3 is 0 Å². The molecule has 0 aliphatic carbocycles. The summed E-state index contributed by atoms with van der Waals surface area (Å²) in [5.41, 5.74) is 2.40. The van der Waals surface area contributed by atoms with Crippen molar-refractivity contribution < 1.29 is 4.74 Å². The number of hydrogen-bond donors (Lipinski definition) is 1. The monoisotopic (exact) mass is 376 g/mol. The van der Waals surface area contributed by atoms with Gasteiger partial charge in [0.15, 0.2) is 0 Å². The van der Waals surface area contributed by atoms with E-state index in [1.54, 1.807) is 0 Å². The van der Waals surface area contributed by atoms with Crippen molar-refractivity contribution >= 4 is 21.6 Å². The first-order valence-electron chi connectivity index (χ1n) is 8.60. The third kappa shape index (κ3) is 8.68. The smallest absolute Gasteiger partial charge is 0.124 e. The first-order chi connectivity index (χ1) is 12.3. The molecule has 5 heteroatoms. The lowest BCUT2D eigenvalue weighted by molar-refractivity contribution is 0.302. The average Bonchev–Trinajstić information content (AvgIpc) is 2.63. The molecule has 0 atom stereocenters. The molecule has 0 unspecified atom stereocenters. The van der Waals surface area contributed by atoms with Crippen molar-refractivity contribution in [1.29, 1.82) is 0 Å². The lowest BCUT2D eigenvalue weighted by Gasteiger charge is -2.12. The molecule has 0 radical (unpaired) electrons. The maximum absolute atomic E-state index is 6.00. The van der Waals surface area contributed by atoms with E-state index in [-0.39, 0.29) is 0 Å². The summed E-state index contributed by atoms with van der Waals surface area (Å²) in [6, 6.07) is 18.6. The van der Waals surface area contributed by atoms with E-state index in [0.29, 0.717) is 6.61 Å². The molecule has 2 aromatic carbocycles. The Morgan fingerprint density at radius 1 is 0.920 bits per heavy atom. The van der Waals surface area contributed by atoms with E-state index < -0.39 is 0 Å². The highest BCUT2D eigenvalue weighted by molar-refractivity contribution is 8.76. The van der Waals surface area contributed by atoms with Crippen LogP contribution < -0.4 is 10.1 Å². The van der Waals surface area contributed by atoms with E-state index in [2.05, 4.69) is 48.6 Å². The quantitative estimate of drug-likeness (QED) is 0.440. The van der Waals surface area contributed by atoms with Crippen molar-refractivity contribution in [3.63, 3.8) is 0 Å². The highest BCUT2D eigenvalue weighted by Gasteiger charge is 2.03. The highest BCUT2D eigenvalue weighted by Crippen LogP contribution is 2.21. The van der Waals surface area contributed by atoms with Crippen LogP contribution in [-0.2, 0) is 13.2 Å². The maximum Gasteiger partial charge on any atom is 0.124 e. The van der Waals surface area contributed by atoms with Gasteiger partial charge in [-0.05, 0) is 25.7 Å². The summed E-state index contributed by atoms with van der Waals surface area (Å²) in [6.07, 6.45) is 0. The van der Waals surface area contributed by atoms with E-state index in [9.17, 15) is 0 Å². The van der Waals surface area contributed by atoms with Gasteiger partial charge in [-0.1, -0.05) is 70.1 Å². The Hall–Kier alpha value is -1.14. The van der Waals surface area contributed by atoms with Gasteiger partial charge in [-0.3, -0.25) is 0 Å². The molecule has 0 aliphatic rings. The third-order valence-electron chi connectivity index (χ3n) is 3.59. The summed E-state index contributed by atoms with van der Waals surface area (Å²) in [5.74, 6) is 3.26. The van der Waals surface area contributed by atoms with Crippen LogP contribution in [0.25, 0.3) is 0 Å². The van der Waals surface area contributed by atoms with Crippen molar-refractivity contribution in [3.8, 4) is 5.75 Å². The molecule has 0 aromatic heterocycles. The molecule has 0 heterocycles. The van der Waals surface area contributed by atoms with Crippen LogP contribution in [0.5, 0.6) is 5.75 Å². The van der Waals surface area contributed by atoms with Crippen LogP contribution in [0.1, 0.15) is 11.1 Å².